The molecule has 4 nitrogen and oxygen atoms in total. The highest BCUT2D eigenvalue weighted by Gasteiger charge is 2.20. The highest BCUT2D eigenvalue weighted by molar-refractivity contribution is 7.10. The molecule has 0 bridgehead atoms. The van der Waals surface area contributed by atoms with Crippen molar-refractivity contribution >= 4 is 34.8 Å². The van der Waals surface area contributed by atoms with Gasteiger partial charge in [-0.3, -0.25) is 4.79 Å². The Bertz CT molecular complexity index is 719. The fourth-order valence-corrected chi connectivity index (χ4v) is 3.31. The van der Waals surface area contributed by atoms with Crippen LogP contribution < -0.4 is 5.32 Å². The van der Waals surface area contributed by atoms with Gasteiger partial charge in [0.05, 0.1) is 16.6 Å². The molecule has 2 rings (SSSR count). The molecule has 7 heteroatoms. The number of carbonyl (C=O) groups excluding carboxylic acids is 2. The fraction of sp³-hybridized carbons (Fsp3) is 0.294. The summed E-state index contributed by atoms with van der Waals surface area (Å²) in [7, 11) is 0. The number of ether oxygens (including phenoxy) is 1. The molecule has 24 heavy (non-hydrogen) atoms. The van der Waals surface area contributed by atoms with E-state index in [4.69, 9.17) is 16.3 Å². The highest BCUT2D eigenvalue weighted by Crippen LogP contribution is 2.25. The molecule has 1 N–H and O–H groups in total. The summed E-state index contributed by atoms with van der Waals surface area (Å²) < 4.78 is 17.9. The first-order valence-corrected chi connectivity index (χ1v) is 8.59. The summed E-state index contributed by atoms with van der Waals surface area (Å²) in [6.07, 6.45) is 0. The molecule has 1 atom stereocenters. The van der Waals surface area contributed by atoms with Crippen LogP contribution in [0.25, 0.3) is 0 Å². The van der Waals surface area contributed by atoms with E-state index in [1.807, 2.05) is 31.4 Å². The van der Waals surface area contributed by atoms with E-state index in [1.165, 1.54) is 6.07 Å². The lowest BCUT2D eigenvalue weighted by atomic mass is 10.0. The molecule has 1 amide bonds. The maximum absolute atomic E-state index is 13.0. The van der Waals surface area contributed by atoms with Gasteiger partial charge in [-0.2, -0.15) is 0 Å². The van der Waals surface area contributed by atoms with Gasteiger partial charge in [0, 0.05) is 4.88 Å². The standard InChI is InChI=1S/C17H17ClFNO3S/c1-10(2)16(14-4-3-7-24-14)20-15(21)9-23-17(22)12-6-5-11(19)8-13(12)18/h3-8,10,16H,9H2,1-2H3,(H,20,21)/t16-/m0/s1. The summed E-state index contributed by atoms with van der Waals surface area (Å²) in [5.74, 6) is -1.54. The van der Waals surface area contributed by atoms with Crippen LogP contribution >= 0.6 is 22.9 Å². The van der Waals surface area contributed by atoms with Crippen LogP contribution in [0.5, 0.6) is 0 Å². The molecule has 0 spiro atoms. The summed E-state index contributed by atoms with van der Waals surface area (Å²) in [6.45, 7) is 3.56. The number of rotatable bonds is 6. The molecule has 0 radical (unpaired) electrons. The maximum Gasteiger partial charge on any atom is 0.340 e. The van der Waals surface area contributed by atoms with Crippen molar-refractivity contribution in [1.82, 2.24) is 5.32 Å². The monoisotopic (exact) mass is 369 g/mol. The molecule has 128 valence electrons. The second-order valence-corrected chi connectivity index (χ2v) is 6.89. The average Bonchev–Trinajstić information content (AvgIpc) is 3.04. The van der Waals surface area contributed by atoms with Crippen LogP contribution in [0.15, 0.2) is 35.7 Å². The number of amides is 1. The Hall–Kier alpha value is -1.92. The second kappa shape index (κ2) is 8.26. The smallest absolute Gasteiger partial charge is 0.340 e. The average molecular weight is 370 g/mol. The minimum absolute atomic E-state index is 0.0181. The normalized spacial score (nSPS) is 12.0. The predicted octanol–water partition coefficient (Wildman–Crippen LogP) is 4.21. The quantitative estimate of drug-likeness (QED) is 0.776. The lowest BCUT2D eigenvalue weighted by Crippen LogP contribution is -2.34. The molecule has 0 saturated carbocycles. The zero-order valence-corrected chi connectivity index (χ0v) is 14.8. The molecule has 0 aliphatic rings. The molecule has 0 saturated heterocycles. The van der Waals surface area contributed by atoms with Gasteiger partial charge in [0.1, 0.15) is 5.82 Å². The lowest BCUT2D eigenvalue weighted by Gasteiger charge is -2.21. The van der Waals surface area contributed by atoms with E-state index < -0.39 is 24.3 Å². The number of benzene rings is 1. The van der Waals surface area contributed by atoms with E-state index in [0.29, 0.717) is 0 Å². The van der Waals surface area contributed by atoms with Gasteiger partial charge in [-0.15, -0.1) is 11.3 Å². The molecule has 1 heterocycles. The van der Waals surface area contributed by atoms with E-state index in [2.05, 4.69) is 5.32 Å². The minimum Gasteiger partial charge on any atom is -0.452 e. The van der Waals surface area contributed by atoms with Crippen LogP contribution in [0, 0.1) is 11.7 Å². The Morgan fingerprint density at radius 2 is 2.08 bits per heavy atom. The first-order chi connectivity index (χ1) is 11.4. The number of esters is 1. The maximum atomic E-state index is 13.0. The van der Waals surface area contributed by atoms with E-state index in [0.717, 1.165) is 17.0 Å². The summed E-state index contributed by atoms with van der Waals surface area (Å²) in [5, 5.41) is 4.73. The predicted molar refractivity (Wildman–Crippen MR) is 91.7 cm³/mol. The van der Waals surface area contributed by atoms with Crippen LogP contribution in [-0.4, -0.2) is 18.5 Å². The molecule has 0 aliphatic carbocycles. The van der Waals surface area contributed by atoms with Gasteiger partial charge in [-0.1, -0.05) is 31.5 Å². The van der Waals surface area contributed by atoms with Gasteiger partial charge in [0.25, 0.3) is 5.91 Å². The minimum atomic E-state index is -0.771. The first-order valence-electron chi connectivity index (χ1n) is 7.33. The van der Waals surface area contributed by atoms with E-state index >= 15 is 0 Å². The molecular weight excluding hydrogens is 353 g/mol. The summed E-state index contributed by atoms with van der Waals surface area (Å²) in [5.41, 5.74) is 0.0181. The third-order valence-electron chi connectivity index (χ3n) is 3.32. The Morgan fingerprint density at radius 3 is 2.67 bits per heavy atom. The Kier molecular flexibility index (Phi) is 6.34. The number of hydrogen-bond acceptors (Lipinski definition) is 4. The second-order valence-electron chi connectivity index (χ2n) is 5.50. The fourth-order valence-electron chi connectivity index (χ4n) is 2.11. The van der Waals surface area contributed by atoms with Gasteiger partial charge in [-0.25, -0.2) is 9.18 Å². The van der Waals surface area contributed by atoms with Crippen molar-refractivity contribution in [3.05, 3.63) is 57.0 Å². The number of halogens is 2. The third-order valence-corrected chi connectivity index (χ3v) is 4.59. The van der Waals surface area contributed by atoms with Crippen molar-refractivity contribution in [3.63, 3.8) is 0 Å². The zero-order chi connectivity index (χ0) is 17.7. The lowest BCUT2D eigenvalue weighted by molar-refractivity contribution is -0.125. The molecule has 0 unspecified atom stereocenters. The SMILES string of the molecule is CC(C)[C@H](NC(=O)COC(=O)c1ccc(F)cc1Cl)c1cccs1. The number of hydrogen-bond donors (Lipinski definition) is 1. The van der Waals surface area contributed by atoms with Crippen molar-refractivity contribution in [1.29, 1.82) is 0 Å². The summed E-state index contributed by atoms with van der Waals surface area (Å²) in [4.78, 5) is 25.0. The van der Waals surface area contributed by atoms with Crippen molar-refractivity contribution in [2.24, 2.45) is 5.92 Å². The van der Waals surface area contributed by atoms with Gasteiger partial charge in [0.2, 0.25) is 0 Å². The van der Waals surface area contributed by atoms with E-state index in [9.17, 15) is 14.0 Å². The summed E-state index contributed by atoms with van der Waals surface area (Å²) >= 11 is 7.34. The van der Waals surface area contributed by atoms with Crippen LogP contribution in [0.2, 0.25) is 5.02 Å². The van der Waals surface area contributed by atoms with Crippen LogP contribution in [-0.2, 0) is 9.53 Å². The van der Waals surface area contributed by atoms with Gasteiger partial charge < -0.3 is 10.1 Å². The van der Waals surface area contributed by atoms with E-state index in [1.54, 1.807) is 11.3 Å². The Balaban J connectivity index is 1.93. The van der Waals surface area contributed by atoms with Crippen molar-refractivity contribution in [2.75, 3.05) is 6.61 Å². The van der Waals surface area contributed by atoms with E-state index in [-0.39, 0.29) is 22.5 Å². The number of carbonyl (C=O) groups is 2. The van der Waals surface area contributed by atoms with Crippen LogP contribution in [0.3, 0.4) is 0 Å². The van der Waals surface area contributed by atoms with Crippen molar-refractivity contribution in [2.45, 2.75) is 19.9 Å². The number of thiophene rings is 1. The first kappa shape index (κ1) is 18.4. The van der Waals surface area contributed by atoms with Gasteiger partial charge in [-0.05, 0) is 35.6 Å². The van der Waals surface area contributed by atoms with Crippen LogP contribution in [0.1, 0.15) is 35.1 Å². The molecule has 1 aromatic carbocycles. The Morgan fingerprint density at radius 1 is 1.33 bits per heavy atom. The van der Waals surface area contributed by atoms with Gasteiger partial charge >= 0.3 is 5.97 Å². The molecular formula is C17H17ClFNO3S. The molecule has 0 fully saturated rings. The third kappa shape index (κ3) is 4.79. The largest absolute Gasteiger partial charge is 0.452 e. The molecule has 1 aromatic heterocycles. The summed E-state index contributed by atoms with van der Waals surface area (Å²) in [6, 6.07) is 7.06. The van der Waals surface area contributed by atoms with Crippen molar-refractivity contribution < 1.29 is 18.7 Å². The molecule has 2 aromatic rings. The molecule has 0 aliphatic heterocycles. The zero-order valence-electron chi connectivity index (χ0n) is 13.2. The van der Waals surface area contributed by atoms with Gasteiger partial charge in [0.15, 0.2) is 6.61 Å². The number of nitrogens with one attached hydrogen (secondary N) is 1. The Labute approximate surface area is 148 Å². The topological polar surface area (TPSA) is 55.4 Å². The highest BCUT2D eigenvalue weighted by atomic mass is 35.5. The van der Waals surface area contributed by atoms with Crippen molar-refractivity contribution in [3.8, 4) is 0 Å². The van der Waals surface area contributed by atoms with Crippen LogP contribution in [0.4, 0.5) is 4.39 Å².